The zero-order valence-electron chi connectivity index (χ0n) is 8.87. The van der Waals surface area contributed by atoms with Crippen LogP contribution in [0.5, 0.6) is 0 Å². The first-order chi connectivity index (χ1) is 7.20. The Bertz CT molecular complexity index is 474. The first kappa shape index (κ1) is 10.2. The summed E-state index contributed by atoms with van der Waals surface area (Å²) in [6, 6.07) is 10.0. The fourth-order valence-electron chi connectivity index (χ4n) is 1.52. The molecule has 0 fully saturated rings. The van der Waals surface area contributed by atoms with Gasteiger partial charge in [-0.25, -0.2) is 4.68 Å². The molecule has 2 nitrogen and oxygen atoms in total. The fraction of sp³-hybridized carbons (Fsp3) is 0.250. The molecule has 0 saturated carbocycles. The second-order valence-corrected chi connectivity index (χ2v) is 3.95. The maximum Gasteiger partial charge on any atom is 0.133 e. The van der Waals surface area contributed by atoms with Crippen molar-refractivity contribution < 1.29 is 0 Å². The molecule has 78 valence electrons. The van der Waals surface area contributed by atoms with E-state index in [1.807, 2.05) is 18.2 Å². The lowest BCUT2D eigenvalue weighted by molar-refractivity contribution is 0.841. The lowest BCUT2D eigenvalue weighted by Crippen LogP contribution is -1.97. The van der Waals surface area contributed by atoms with Crippen molar-refractivity contribution in [3.63, 3.8) is 0 Å². The molecule has 0 aliphatic rings. The molecule has 0 N–H and O–H groups in total. The van der Waals surface area contributed by atoms with Gasteiger partial charge >= 0.3 is 0 Å². The highest BCUT2D eigenvalue weighted by Crippen LogP contribution is 2.18. The number of hydrogen-bond donors (Lipinski definition) is 0. The van der Waals surface area contributed by atoms with Crippen molar-refractivity contribution in [3.8, 4) is 5.69 Å². The minimum Gasteiger partial charge on any atom is -0.222 e. The Morgan fingerprint density at radius 1 is 1.33 bits per heavy atom. The zero-order chi connectivity index (χ0) is 10.8. The maximum atomic E-state index is 6.11. The highest BCUT2D eigenvalue weighted by Gasteiger charge is 2.06. The van der Waals surface area contributed by atoms with Crippen LogP contribution >= 0.6 is 11.6 Å². The summed E-state index contributed by atoms with van der Waals surface area (Å²) in [5, 5.41) is 5.09. The maximum absolute atomic E-state index is 6.11. The van der Waals surface area contributed by atoms with Gasteiger partial charge in [-0.1, -0.05) is 30.7 Å². The van der Waals surface area contributed by atoms with E-state index in [1.165, 1.54) is 5.56 Å². The predicted octanol–water partition coefficient (Wildman–Crippen LogP) is 3.40. The SMILES string of the molecule is CCc1cc(Cl)n(-c2cccc(C)c2)n1. The number of aromatic nitrogens is 2. The van der Waals surface area contributed by atoms with Gasteiger partial charge in [-0.15, -0.1) is 0 Å². The van der Waals surface area contributed by atoms with Gasteiger partial charge in [0.15, 0.2) is 0 Å². The first-order valence-corrected chi connectivity index (χ1v) is 5.40. The van der Waals surface area contributed by atoms with Crippen molar-refractivity contribution in [2.45, 2.75) is 20.3 Å². The van der Waals surface area contributed by atoms with Crippen molar-refractivity contribution in [2.24, 2.45) is 0 Å². The Labute approximate surface area is 94.5 Å². The number of halogens is 1. The average molecular weight is 221 g/mol. The molecule has 1 heterocycles. The summed E-state index contributed by atoms with van der Waals surface area (Å²) in [6.45, 7) is 4.13. The van der Waals surface area contributed by atoms with E-state index in [-0.39, 0.29) is 0 Å². The van der Waals surface area contributed by atoms with E-state index in [0.29, 0.717) is 5.15 Å². The molecule has 0 aliphatic carbocycles. The summed E-state index contributed by atoms with van der Waals surface area (Å²) < 4.78 is 1.77. The molecule has 0 aliphatic heterocycles. The Morgan fingerprint density at radius 2 is 2.13 bits per heavy atom. The Kier molecular flexibility index (Phi) is 2.78. The lowest BCUT2D eigenvalue weighted by Gasteiger charge is -2.03. The van der Waals surface area contributed by atoms with E-state index < -0.39 is 0 Å². The molecule has 1 aromatic carbocycles. The Morgan fingerprint density at radius 3 is 2.73 bits per heavy atom. The van der Waals surface area contributed by atoms with Crippen LogP contribution in [-0.2, 0) is 6.42 Å². The van der Waals surface area contributed by atoms with Crippen molar-refractivity contribution >= 4 is 11.6 Å². The van der Waals surface area contributed by atoms with Crippen LogP contribution in [0.3, 0.4) is 0 Å². The van der Waals surface area contributed by atoms with E-state index >= 15 is 0 Å². The predicted molar refractivity (Wildman–Crippen MR) is 62.7 cm³/mol. The summed E-state index contributed by atoms with van der Waals surface area (Å²) >= 11 is 6.11. The van der Waals surface area contributed by atoms with Gasteiger partial charge in [0, 0.05) is 0 Å². The van der Waals surface area contributed by atoms with Crippen molar-refractivity contribution in [2.75, 3.05) is 0 Å². The quantitative estimate of drug-likeness (QED) is 0.759. The average Bonchev–Trinajstić information content (AvgIpc) is 2.60. The van der Waals surface area contributed by atoms with E-state index in [9.17, 15) is 0 Å². The van der Waals surface area contributed by atoms with Gasteiger partial charge in [-0.3, -0.25) is 0 Å². The molecule has 3 heteroatoms. The molecule has 0 saturated heterocycles. The third-order valence-electron chi connectivity index (χ3n) is 2.32. The minimum absolute atomic E-state index is 0.664. The van der Waals surface area contributed by atoms with Gasteiger partial charge in [0.25, 0.3) is 0 Å². The van der Waals surface area contributed by atoms with E-state index in [1.54, 1.807) is 4.68 Å². The van der Waals surface area contributed by atoms with Crippen LogP contribution in [0.1, 0.15) is 18.2 Å². The monoisotopic (exact) mass is 220 g/mol. The third-order valence-corrected chi connectivity index (χ3v) is 2.59. The normalized spacial score (nSPS) is 10.6. The second-order valence-electron chi connectivity index (χ2n) is 3.56. The number of hydrogen-bond acceptors (Lipinski definition) is 1. The highest BCUT2D eigenvalue weighted by molar-refractivity contribution is 6.29. The minimum atomic E-state index is 0.664. The summed E-state index contributed by atoms with van der Waals surface area (Å²) in [4.78, 5) is 0. The molecule has 0 atom stereocenters. The molecule has 1 aromatic heterocycles. The number of benzene rings is 1. The lowest BCUT2D eigenvalue weighted by atomic mass is 10.2. The molecule has 2 rings (SSSR count). The van der Waals surface area contributed by atoms with E-state index in [0.717, 1.165) is 17.8 Å². The van der Waals surface area contributed by atoms with Gasteiger partial charge < -0.3 is 0 Å². The highest BCUT2D eigenvalue weighted by atomic mass is 35.5. The van der Waals surface area contributed by atoms with Crippen molar-refractivity contribution in [3.05, 3.63) is 46.7 Å². The van der Waals surface area contributed by atoms with Gasteiger partial charge in [0.05, 0.1) is 11.4 Å². The molecule has 0 unspecified atom stereocenters. The largest absolute Gasteiger partial charge is 0.222 e. The number of aryl methyl sites for hydroxylation is 2. The molecule has 15 heavy (non-hydrogen) atoms. The van der Waals surface area contributed by atoms with E-state index in [2.05, 4.69) is 31.1 Å². The first-order valence-electron chi connectivity index (χ1n) is 5.02. The molecule has 0 radical (unpaired) electrons. The Hall–Kier alpha value is -1.28. The summed E-state index contributed by atoms with van der Waals surface area (Å²) in [5.74, 6) is 0. The van der Waals surface area contributed by atoms with Crippen molar-refractivity contribution in [1.29, 1.82) is 0 Å². The van der Waals surface area contributed by atoms with Crippen LogP contribution in [0.25, 0.3) is 5.69 Å². The van der Waals surface area contributed by atoms with Gasteiger partial charge in [0.1, 0.15) is 5.15 Å². The summed E-state index contributed by atoms with van der Waals surface area (Å²) in [5.41, 5.74) is 3.23. The fourth-order valence-corrected chi connectivity index (χ4v) is 1.78. The standard InChI is InChI=1S/C12H13ClN2/c1-3-10-8-12(13)15(14-10)11-6-4-5-9(2)7-11/h4-8H,3H2,1-2H3. The van der Waals surface area contributed by atoms with Crippen LogP contribution < -0.4 is 0 Å². The van der Waals surface area contributed by atoms with Crippen LogP contribution in [0, 0.1) is 6.92 Å². The van der Waals surface area contributed by atoms with E-state index in [4.69, 9.17) is 11.6 Å². The second kappa shape index (κ2) is 4.07. The van der Waals surface area contributed by atoms with Crippen LogP contribution in [-0.4, -0.2) is 9.78 Å². The smallest absolute Gasteiger partial charge is 0.133 e. The molecule has 0 amide bonds. The molecule has 0 spiro atoms. The van der Waals surface area contributed by atoms with Crippen LogP contribution in [0.15, 0.2) is 30.3 Å². The number of rotatable bonds is 2. The van der Waals surface area contributed by atoms with Crippen molar-refractivity contribution in [1.82, 2.24) is 9.78 Å². The van der Waals surface area contributed by atoms with Crippen LogP contribution in [0.2, 0.25) is 5.15 Å². The third kappa shape index (κ3) is 2.05. The van der Waals surface area contributed by atoms with Gasteiger partial charge in [-0.2, -0.15) is 5.10 Å². The number of nitrogens with zero attached hydrogens (tertiary/aromatic N) is 2. The summed E-state index contributed by atoms with van der Waals surface area (Å²) in [7, 11) is 0. The molecule has 0 bridgehead atoms. The Balaban J connectivity index is 2.48. The molecular formula is C12H13ClN2. The molecule has 2 aromatic rings. The van der Waals surface area contributed by atoms with Gasteiger partial charge in [0.2, 0.25) is 0 Å². The summed E-state index contributed by atoms with van der Waals surface area (Å²) in [6.07, 6.45) is 0.901. The zero-order valence-corrected chi connectivity index (χ0v) is 9.62. The molecular weight excluding hydrogens is 208 g/mol. The topological polar surface area (TPSA) is 17.8 Å². The van der Waals surface area contributed by atoms with Crippen LogP contribution in [0.4, 0.5) is 0 Å². The van der Waals surface area contributed by atoms with Gasteiger partial charge in [-0.05, 0) is 37.1 Å².